The molecule has 0 aliphatic carbocycles. The van der Waals surface area contributed by atoms with Gasteiger partial charge in [0.1, 0.15) is 0 Å². The number of hydrogen-bond donors (Lipinski definition) is 0. The highest BCUT2D eigenvalue weighted by molar-refractivity contribution is 5.72. The summed E-state index contributed by atoms with van der Waals surface area (Å²) in [7, 11) is 1.81. The lowest BCUT2D eigenvalue weighted by atomic mass is 10.3. The minimum atomic E-state index is 0.129. The van der Waals surface area contributed by atoms with Crippen LogP contribution in [0.4, 0.5) is 0 Å². The average Bonchev–Trinajstić information content (AvgIpc) is 2.08. The predicted molar refractivity (Wildman–Crippen MR) is 54.1 cm³/mol. The number of carbonyl (C=O) groups is 1. The second-order valence-corrected chi connectivity index (χ2v) is 2.37. The monoisotopic (exact) mass is 171 g/mol. The molecule has 0 aromatic carbocycles. The smallest absolute Gasteiger partial charge is 0.219 e. The number of allylic oxidation sites excluding steroid dienone is 1. The molecular formula is C10H21NO. The van der Waals surface area contributed by atoms with Crippen LogP contribution in [0.3, 0.4) is 0 Å². The number of amides is 1. The SMILES string of the molecule is C=CCCCN(C)C(C)=O.CC. The Kier molecular flexibility index (Phi) is 11.7. The Labute approximate surface area is 76.3 Å². The fraction of sp³-hybridized carbons (Fsp3) is 0.700. The summed E-state index contributed by atoms with van der Waals surface area (Å²) in [4.78, 5) is 12.3. The van der Waals surface area contributed by atoms with Gasteiger partial charge in [0.15, 0.2) is 0 Å². The molecule has 0 N–H and O–H groups in total. The molecule has 2 heteroatoms. The molecule has 0 fully saturated rings. The minimum Gasteiger partial charge on any atom is -0.346 e. The molecule has 0 aliphatic rings. The van der Waals surface area contributed by atoms with E-state index < -0.39 is 0 Å². The van der Waals surface area contributed by atoms with Crippen molar-refractivity contribution in [3.63, 3.8) is 0 Å². The molecule has 12 heavy (non-hydrogen) atoms. The fourth-order valence-corrected chi connectivity index (χ4v) is 0.630. The van der Waals surface area contributed by atoms with Gasteiger partial charge in [0, 0.05) is 20.5 Å². The summed E-state index contributed by atoms with van der Waals surface area (Å²) in [6, 6.07) is 0. The van der Waals surface area contributed by atoms with Crippen molar-refractivity contribution in [1.29, 1.82) is 0 Å². The maximum absolute atomic E-state index is 10.6. The molecule has 0 rings (SSSR count). The standard InChI is InChI=1S/C8H15NO.C2H6/c1-4-5-6-7-9(3)8(2)10;1-2/h4H,1,5-7H2,2-3H3;1-2H3. The van der Waals surface area contributed by atoms with Gasteiger partial charge in [-0.15, -0.1) is 6.58 Å². The highest BCUT2D eigenvalue weighted by Gasteiger charge is 1.98. The van der Waals surface area contributed by atoms with Crippen LogP contribution in [0.5, 0.6) is 0 Å². The Morgan fingerprint density at radius 2 is 2.00 bits per heavy atom. The van der Waals surface area contributed by atoms with Crippen LogP contribution in [0, 0.1) is 0 Å². The van der Waals surface area contributed by atoms with Gasteiger partial charge < -0.3 is 4.90 Å². The molecule has 0 saturated heterocycles. The van der Waals surface area contributed by atoms with Crippen LogP contribution in [0.25, 0.3) is 0 Å². The molecule has 0 spiro atoms. The number of unbranched alkanes of at least 4 members (excludes halogenated alkanes) is 1. The Bertz CT molecular complexity index is 121. The third-order valence-corrected chi connectivity index (χ3v) is 1.44. The molecule has 2 nitrogen and oxygen atoms in total. The second kappa shape index (κ2) is 10.2. The Hall–Kier alpha value is -0.790. The van der Waals surface area contributed by atoms with E-state index in [9.17, 15) is 4.79 Å². The van der Waals surface area contributed by atoms with Crippen molar-refractivity contribution in [2.45, 2.75) is 33.6 Å². The highest BCUT2D eigenvalue weighted by Crippen LogP contribution is 1.92. The summed E-state index contributed by atoms with van der Waals surface area (Å²) in [6.07, 6.45) is 3.87. The number of carbonyl (C=O) groups excluding carboxylic acids is 1. The highest BCUT2D eigenvalue weighted by atomic mass is 16.2. The van der Waals surface area contributed by atoms with Crippen LogP contribution < -0.4 is 0 Å². The van der Waals surface area contributed by atoms with Gasteiger partial charge >= 0.3 is 0 Å². The first-order valence-corrected chi connectivity index (χ1v) is 4.51. The lowest BCUT2D eigenvalue weighted by Crippen LogP contribution is -2.24. The van der Waals surface area contributed by atoms with Crippen molar-refractivity contribution in [3.8, 4) is 0 Å². The number of nitrogens with zero attached hydrogens (tertiary/aromatic N) is 1. The summed E-state index contributed by atoms with van der Waals surface area (Å²) in [6.45, 7) is 10.0. The van der Waals surface area contributed by atoms with Gasteiger partial charge in [0.05, 0.1) is 0 Å². The molecule has 0 heterocycles. The van der Waals surface area contributed by atoms with Gasteiger partial charge in [0.25, 0.3) is 0 Å². The molecule has 0 atom stereocenters. The molecule has 0 unspecified atom stereocenters. The Balaban J connectivity index is 0. The third-order valence-electron chi connectivity index (χ3n) is 1.44. The van der Waals surface area contributed by atoms with E-state index in [2.05, 4.69) is 6.58 Å². The first-order chi connectivity index (χ1) is 5.68. The molecule has 0 aliphatic heterocycles. The maximum atomic E-state index is 10.6. The van der Waals surface area contributed by atoms with Crippen LogP contribution >= 0.6 is 0 Å². The summed E-state index contributed by atoms with van der Waals surface area (Å²) in [5, 5.41) is 0. The fourth-order valence-electron chi connectivity index (χ4n) is 0.630. The van der Waals surface area contributed by atoms with Crippen LogP contribution in [0.15, 0.2) is 12.7 Å². The molecule has 0 saturated carbocycles. The van der Waals surface area contributed by atoms with Gasteiger partial charge in [-0.1, -0.05) is 19.9 Å². The van der Waals surface area contributed by atoms with Crippen LogP contribution in [-0.4, -0.2) is 24.4 Å². The topological polar surface area (TPSA) is 20.3 Å². The zero-order chi connectivity index (χ0) is 9.98. The molecular weight excluding hydrogens is 150 g/mol. The first-order valence-electron chi connectivity index (χ1n) is 4.51. The van der Waals surface area contributed by atoms with Gasteiger partial charge in [-0.2, -0.15) is 0 Å². The lowest BCUT2D eigenvalue weighted by Gasteiger charge is -2.12. The Morgan fingerprint density at radius 1 is 1.50 bits per heavy atom. The third kappa shape index (κ3) is 9.21. The number of hydrogen-bond acceptors (Lipinski definition) is 1. The van der Waals surface area contributed by atoms with Gasteiger partial charge in [0.2, 0.25) is 5.91 Å². The summed E-state index contributed by atoms with van der Waals surface area (Å²) >= 11 is 0. The van der Waals surface area contributed by atoms with Crippen LogP contribution in [0.2, 0.25) is 0 Å². The van der Waals surface area contributed by atoms with E-state index in [1.54, 1.807) is 11.8 Å². The molecule has 0 aromatic heterocycles. The largest absolute Gasteiger partial charge is 0.346 e. The van der Waals surface area contributed by atoms with E-state index in [1.807, 2.05) is 27.0 Å². The van der Waals surface area contributed by atoms with E-state index in [4.69, 9.17) is 0 Å². The van der Waals surface area contributed by atoms with Crippen molar-refractivity contribution < 1.29 is 4.79 Å². The van der Waals surface area contributed by atoms with E-state index >= 15 is 0 Å². The van der Waals surface area contributed by atoms with E-state index in [0.29, 0.717) is 0 Å². The predicted octanol–water partition coefficient (Wildman–Crippen LogP) is 2.46. The summed E-state index contributed by atoms with van der Waals surface area (Å²) < 4.78 is 0. The summed E-state index contributed by atoms with van der Waals surface area (Å²) in [5.74, 6) is 0.129. The van der Waals surface area contributed by atoms with Crippen LogP contribution in [0.1, 0.15) is 33.6 Å². The Morgan fingerprint density at radius 3 is 2.33 bits per heavy atom. The van der Waals surface area contributed by atoms with Crippen molar-refractivity contribution in [2.75, 3.05) is 13.6 Å². The van der Waals surface area contributed by atoms with Crippen LogP contribution in [-0.2, 0) is 4.79 Å². The molecule has 0 radical (unpaired) electrons. The van der Waals surface area contributed by atoms with Crippen molar-refractivity contribution in [2.24, 2.45) is 0 Å². The van der Waals surface area contributed by atoms with Gasteiger partial charge in [-0.3, -0.25) is 4.79 Å². The number of rotatable bonds is 4. The molecule has 1 amide bonds. The molecule has 0 aromatic rings. The zero-order valence-electron chi connectivity index (χ0n) is 8.76. The van der Waals surface area contributed by atoms with E-state index in [-0.39, 0.29) is 5.91 Å². The van der Waals surface area contributed by atoms with Crippen molar-refractivity contribution >= 4 is 5.91 Å². The maximum Gasteiger partial charge on any atom is 0.219 e. The van der Waals surface area contributed by atoms with Gasteiger partial charge in [-0.25, -0.2) is 0 Å². The van der Waals surface area contributed by atoms with E-state index in [0.717, 1.165) is 19.4 Å². The van der Waals surface area contributed by atoms with Crippen molar-refractivity contribution in [3.05, 3.63) is 12.7 Å². The van der Waals surface area contributed by atoms with Crippen molar-refractivity contribution in [1.82, 2.24) is 4.90 Å². The summed E-state index contributed by atoms with van der Waals surface area (Å²) in [5.41, 5.74) is 0. The van der Waals surface area contributed by atoms with E-state index in [1.165, 1.54) is 0 Å². The lowest BCUT2D eigenvalue weighted by molar-refractivity contribution is -0.127. The molecule has 72 valence electrons. The first kappa shape index (κ1) is 13.8. The van der Waals surface area contributed by atoms with Gasteiger partial charge in [-0.05, 0) is 12.8 Å². The molecule has 0 bridgehead atoms. The quantitative estimate of drug-likeness (QED) is 0.470. The average molecular weight is 171 g/mol. The normalized spacial score (nSPS) is 8.00. The zero-order valence-corrected chi connectivity index (χ0v) is 8.76. The second-order valence-electron chi connectivity index (χ2n) is 2.37. The minimum absolute atomic E-state index is 0.129.